The molecule has 7 heteroatoms. The molecule has 0 aliphatic rings. The van der Waals surface area contributed by atoms with E-state index in [1.807, 2.05) is 6.92 Å². The zero-order valence-electron chi connectivity index (χ0n) is 12.9. The lowest BCUT2D eigenvalue weighted by atomic mass is 10.1. The lowest BCUT2D eigenvalue weighted by Crippen LogP contribution is -2.31. The van der Waals surface area contributed by atoms with Crippen LogP contribution in [0.3, 0.4) is 0 Å². The van der Waals surface area contributed by atoms with Gasteiger partial charge in [0.15, 0.2) is 0 Å². The summed E-state index contributed by atoms with van der Waals surface area (Å²) in [6, 6.07) is 12.4. The molecule has 2 rings (SSSR count). The third-order valence-electron chi connectivity index (χ3n) is 3.22. The Labute approximate surface area is 137 Å². The maximum Gasteiger partial charge on any atom is 0.270 e. The van der Waals surface area contributed by atoms with Crippen LogP contribution in [0.4, 0.5) is 5.69 Å². The van der Waals surface area contributed by atoms with Crippen LogP contribution in [0.5, 0.6) is 0 Å². The summed E-state index contributed by atoms with van der Waals surface area (Å²) in [6.07, 6.45) is 1.29. The molecular formula is C17H15N3O4. The normalized spacial score (nSPS) is 11.0. The molecule has 0 heterocycles. The monoisotopic (exact) mass is 325 g/mol. The number of carbonyl (C=O) groups excluding carboxylic acids is 2. The fraction of sp³-hybridized carbons (Fsp3) is 0.0588. The fourth-order valence-electron chi connectivity index (χ4n) is 1.96. The lowest BCUT2D eigenvalue weighted by Gasteiger charge is -2.07. The first-order valence-electron chi connectivity index (χ1n) is 7.01. The molecule has 0 bridgehead atoms. The number of carbonyl (C=O) groups is 2. The van der Waals surface area contributed by atoms with Crippen molar-refractivity contribution in [2.45, 2.75) is 6.92 Å². The average molecular weight is 325 g/mol. The van der Waals surface area contributed by atoms with Gasteiger partial charge in [0.05, 0.1) is 4.92 Å². The van der Waals surface area contributed by atoms with E-state index in [2.05, 4.69) is 5.32 Å². The average Bonchev–Trinajstić information content (AvgIpc) is 2.55. The number of nitrogens with zero attached hydrogens (tertiary/aromatic N) is 1. The Kier molecular flexibility index (Phi) is 5.06. The molecule has 2 amide bonds. The Morgan fingerprint density at radius 1 is 1.17 bits per heavy atom. The number of amides is 2. The maximum atomic E-state index is 12.2. The summed E-state index contributed by atoms with van der Waals surface area (Å²) in [5, 5.41) is 13.2. The lowest BCUT2D eigenvalue weighted by molar-refractivity contribution is -0.384. The van der Waals surface area contributed by atoms with Gasteiger partial charge in [0.25, 0.3) is 17.5 Å². The zero-order valence-corrected chi connectivity index (χ0v) is 12.9. The molecule has 0 aliphatic heterocycles. The highest BCUT2D eigenvalue weighted by atomic mass is 16.6. The van der Waals surface area contributed by atoms with Gasteiger partial charge in [0.1, 0.15) is 5.70 Å². The Balaban J connectivity index is 2.27. The summed E-state index contributed by atoms with van der Waals surface area (Å²) in [5.74, 6) is -1.34. The van der Waals surface area contributed by atoms with Gasteiger partial charge in [-0.05, 0) is 30.7 Å². The highest BCUT2D eigenvalue weighted by Crippen LogP contribution is 2.15. The molecule has 0 saturated heterocycles. The second-order valence-electron chi connectivity index (χ2n) is 5.09. The highest BCUT2D eigenvalue weighted by molar-refractivity contribution is 6.04. The first-order chi connectivity index (χ1) is 11.4. The number of primary amides is 1. The topological polar surface area (TPSA) is 115 Å². The number of nitrogens with one attached hydrogen (secondary N) is 1. The van der Waals surface area contributed by atoms with Gasteiger partial charge in [-0.3, -0.25) is 19.7 Å². The van der Waals surface area contributed by atoms with Crippen LogP contribution in [0, 0.1) is 17.0 Å². The zero-order chi connectivity index (χ0) is 17.7. The van der Waals surface area contributed by atoms with Crippen molar-refractivity contribution < 1.29 is 14.5 Å². The molecule has 0 unspecified atom stereocenters. The molecule has 7 nitrogen and oxygen atoms in total. The van der Waals surface area contributed by atoms with Crippen LogP contribution in [0.2, 0.25) is 0 Å². The van der Waals surface area contributed by atoms with Crippen molar-refractivity contribution in [3.63, 3.8) is 0 Å². The van der Waals surface area contributed by atoms with E-state index in [9.17, 15) is 19.7 Å². The summed E-state index contributed by atoms with van der Waals surface area (Å²) in [6.45, 7) is 1.89. The largest absolute Gasteiger partial charge is 0.364 e. The van der Waals surface area contributed by atoms with Gasteiger partial charge in [-0.15, -0.1) is 0 Å². The number of rotatable bonds is 5. The van der Waals surface area contributed by atoms with Crippen LogP contribution in [-0.4, -0.2) is 16.7 Å². The number of benzene rings is 2. The molecular weight excluding hydrogens is 310 g/mol. The third-order valence-corrected chi connectivity index (χ3v) is 3.22. The van der Waals surface area contributed by atoms with Gasteiger partial charge in [0.2, 0.25) is 0 Å². The van der Waals surface area contributed by atoms with E-state index in [4.69, 9.17) is 5.73 Å². The van der Waals surface area contributed by atoms with Gasteiger partial charge in [-0.2, -0.15) is 0 Å². The van der Waals surface area contributed by atoms with Crippen LogP contribution >= 0.6 is 0 Å². The molecule has 24 heavy (non-hydrogen) atoms. The van der Waals surface area contributed by atoms with E-state index in [0.717, 1.165) is 5.56 Å². The standard InChI is InChI=1S/C17H15N3O4/c1-11-5-7-13(8-6-11)17(22)19-15(16(18)21)10-12-3-2-4-14(9-12)20(23)24/h2-10H,1H3,(H2,18,21)(H,19,22)/b15-10+. The number of aryl methyl sites for hydroxylation is 1. The minimum Gasteiger partial charge on any atom is -0.364 e. The number of hydrogen-bond donors (Lipinski definition) is 2. The maximum absolute atomic E-state index is 12.2. The Hall–Kier alpha value is -3.48. The number of nitro benzene ring substituents is 1. The van der Waals surface area contributed by atoms with E-state index in [-0.39, 0.29) is 11.4 Å². The first-order valence-corrected chi connectivity index (χ1v) is 7.01. The molecule has 0 atom stereocenters. The minimum absolute atomic E-state index is 0.127. The van der Waals surface area contributed by atoms with Gasteiger partial charge < -0.3 is 11.1 Å². The fourth-order valence-corrected chi connectivity index (χ4v) is 1.96. The molecule has 122 valence electrons. The van der Waals surface area contributed by atoms with Crippen molar-refractivity contribution in [3.8, 4) is 0 Å². The van der Waals surface area contributed by atoms with E-state index in [0.29, 0.717) is 11.1 Å². The van der Waals surface area contributed by atoms with Gasteiger partial charge in [-0.25, -0.2) is 0 Å². The second-order valence-corrected chi connectivity index (χ2v) is 5.09. The number of nitrogens with two attached hydrogens (primary N) is 1. The predicted molar refractivity (Wildman–Crippen MR) is 88.9 cm³/mol. The van der Waals surface area contributed by atoms with E-state index in [1.165, 1.54) is 24.3 Å². The van der Waals surface area contributed by atoms with Gasteiger partial charge in [-0.1, -0.05) is 29.8 Å². The van der Waals surface area contributed by atoms with Gasteiger partial charge >= 0.3 is 0 Å². The van der Waals surface area contributed by atoms with Crippen molar-refractivity contribution in [3.05, 3.63) is 81.0 Å². The number of nitro groups is 1. The van der Waals surface area contributed by atoms with E-state index in [1.54, 1.807) is 30.3 Å². The summed E-state index contributed by atoms with van der Waals surface area (Å²) >= 11 is 0. The van der Waals surface area contributed by atoms with Crippen molar-refractivity contribution in [1.82, 2.24) is 5.32 Å². The quantitative estimate of drug-likeness (QED) is 0.498. The van der Waals surface area contributed by atoms with Crippen molar-refractivity contribution in [2.75, 3.05) is 0 Å². The van der Waals surface area contributed by atoms with E-state index < -0.39 is 16.7 Å². The first kappa shape index (κ1) is 16.9. The molecule has 2 aromatic carbocycles. The summed E-state index contributed by atoms with van der Waals surface area (Å²) in [5.41, 5.74) is 6.74. The van der Waals surface area contributed by atoms with Gasteiger partial charge in [0, 0.05) is 17.7 Å². The molecule has 0 fully saturated rings. The Morgan fingerprint density at radius 2 is 1.83 bits per heavy atom. The highest BCUT2D eigenvalue weighted by Gasteiger charge is 2.13. The van der Waals surface area contributed by atoms with Crippen LogP contribution in [0.25, 0.3) is 6.08 Å². The molecule has 0 radical (unpaired) electrons. The molecule has 3 N–H and O–H groups in total. The molecule has 0 spiro atoms. The molecule has 2 aromatic rings. The summed E-state index contributed by atoms with van der Waals surface area (Å²) in [7, 11) is 0. The Bertz CT molecular complexity index is 826. The number of hydrogen-bond acceptors (Lipinski definition) is 4. The molecule has 0 aliphatic carbocycles. The van der Waals surface area contributed by atoms with Crippen LogP contribution in [-0.2, 0) is 4.79 Å². The predicted octanol–water partition coefficient (Wildman–Crippen LogP) is 2.16. The summed E-state index contributed by atoms with van der Waals surface area (Å²) in [4.78, 5) is 34.0. The number of non-ortho nitro benzene ring substituents is 1. The van der Waals surface area contributed by atoms with Crippen molar-refractivity contribution in [1.29, 1.82) is 0 Å². The summed E-state index contributed by atoms with van der Waals surface area (Å²) < 4.78 is 0. The minimum atomic E-state index is -0.845. The Morgan fingerprint density at radius 3 is 2.42 bits per heavy atom. The second kappa shape index (κ2) is 7.19. The third kappa shape index (κ3) is 4.26. The SMILES string of the molecule is Cc1ccc(C(=O)N/C(=C/c2cccc([N+](=O)[O-])c2)C(N)=O)cc1. The van der Waals surface area contributed by atoms with Crippen LogP contribution in [0.15, 0.2) is 54.2 Å². The smallest absolute Gasteiger partial charge is 0.270 e. The van der Waals surface area contributed by atoms with Crippen LogP contribution < -0.4 is 11.1 Å². The molecule has 0 aromatic heterocycles. The van der Waals surface area contributed by atoms with E-state index >= 15 is 0 Å². The molecule has 0 saturated carbocycles. The van der Waals surface area contributed by atoms with Crippen LogP contribution in [0.1, 0.15) is 21.5 Å². The van der Waals surface area contributed by atoms with Crippen molar-refractivity contribution in [2.24, 2.45) is 5.73 Å². The van der Waals surface area contributed by atoms with Crippen molar-refractivity contribution >= 4 is 23.6 Å².